The molecule has 0 bridgehead atoms. The first kappa shape index (κ1) is 16.5. The highest BCUT2D eigenvalue weighted by Gasteiger charge is 2.44. The number of aliphatic hydroxyl groups is 2. The maximum absolute atomic E-state index is 11.1. The average Bonchev–Trinajstić information content (AvgIpc) is 2.64. The van der Waals surface area contributed by atoms with E-state index < -0.39 is 44.5 Å². The van der Waals surface area contributed by atoms with Gasteiger partial charge in [-0.1, -0.05) is 0 Å². The number of aromatic amines is 1. The number of H-pyrrole nitrogens is 1. The van der Waals surface area contributed by atoms with Crippen molar-refractivity contribution in [3.8, 4) is 0 Å². The molecule has 118 valence electrons. The fraction of sp³-hybridized carbons (Fsp3) is 0.556. The molecule has 4 atom stereocenters. The van der Waals surface area contributed by atoms with Crippen LogP contribution in [-0.2, 0) is 13.8 Å². The third-order valence-corrected chi connectivity index (χ3v) is 3.67. The van der Waals surface area contributed by atoms with Crippen LogP contribution in [0.25, 0.3) is 0 Å². The molecule has 1 aliphatic heterocycles. The number of phosphoric acid groups is 1. The molecule has 10 nitrogen and oxygen atoms in total. The Morgan fingerprint density at radius 2 is 2.10 bits per heavy atom. The summed E-state index contributed by atoms with van der Waals surface area (Å²) in [5.41, 5.74) is -0.439. The Kier molecular flexibility index (Phi) is 4.76. The van der Waals surface area contributed by atoms with Crippen LogP contribution in [-0.4, -0.2) is 54.5 Å². The molecule has 0 aliphatic carbocycles. The average molecular weight is 340 g/mol. The lowest BCUT2D eigenvalue weighted by Crippen LogP contribution is -2.33. The molecule has 0 saturated carbocycles. The molecular weight excluding hydrogens is 327 g/mol. The molecule has 1 saturated heterocycles. The lowest BCUT2D eigenvalue weighted by atomic mass is 10.1. The maximum Gasteiger partial charge on any atom is 0.469 e. The van der Waals surface area contributed by atoms with Crippen molar-refractivity contribution >= 4 is 20.0 Å². The molecule has 0 amide bonds. The minimum Gasteiger partial charge on any atom is -0.387 e. The molecule has 0 aromatic carbocycles. The van der Waals surface area contributed by atoms with E-state index in [9.17, 15) is 19.6 Å². The number of ether oxygens (including phenoxy) is 1. The van der Waals surface area contributed by atoms with Crippen molar-refractivity contribution < 1.29 is 33.8 Å². The first-order valence-electron chi connectivity index (χ1n) is 5.72. The molecule has 1 aliphatic rings. The zero-order chi connectivity index (χ0) is 15.8. The van der Waals surface area contributed by atoms with Gasteiger partial charge in [-0.3, -0.25) is 18.9 Å². The summed E-state index contributed by atoms with van der Waals surface area (Å²) in [7, 11) is -4.72. The van der Waals surface area contributed by atoms with Crippen LogP contribution >= 0.6 is 20.0 Å². The first-order chi connectivity index (χ1) is 9.69. The highest BCUT2D eigenvalue weighted by atomic mass is 32.1. The van der Waals surface area contributed by atoms with Crippen molar-refractivity contribution in [3.63, 3.8) is 0 Å². The predicted octanol–water partition coefficient (Wildman–Crippen LogP) is -1.37. The molecule has 0 radical (unpaired) electrons. The summed E-state index contributed by atoms with van der Waals surface area (Å²) >= 11 is 4.91. The van der Waals surface area contributed by atoms with E-state index in [0.29, 0.717) is 0 Å². The Morgan fingerprint density at radius 3 is 2.67 bits per heavy atom. The van der Waals surface area contributed by atoms with E-state index in [-0.39, 0.29) is 4.77 Å². The van der Waals surface area contributed by atoms with Crippen molar-refractivity contribution in [2.75, 3.05) is 6.61 Å². The number of hydrogen-bond donors (Lipinski definition) is 5. The normalized spacial score (nSPS) is 29.7. The van der Waals surface area contributed by atoms with Gasteiger partial charge in [0, 0.05) is 12.3 Å². The highest BCUT2D eigenvalue weighted by molar-refractivity contribution is 7.71. The number of phosphoric ester groups is 1. The number of nitrogens with zero attached hydrogens (tertiary/aromatic N) is 1. The highest BCUT2D eigenvalue weighted by Crippen LogP contribution is 2.38. The smallest absolute Gasteiger partial charge is 0.387 e. The van der Waals surface area contributed by atoms with Crippen molar-refractivity contribution in [1.29, 1.82) is 0 Å². The lowest BCUT2D eigenvalue weighted by Gasteiger charge is -2.17. The van der Waals surface area contributed by atoms with Gasteiger partial charge in [0.15, 0.2) is 11.0 Å². The van der Waals surface area contributed by atoms with E-state index >= 15 is 0 Å². The molecule has 5 N–H and O–H groups in total. The molecule has 1 fully saturated rings. The van der Waals surface area contributed by atoms with Crippen LogP contribution in [0.4, 0.5) is 0 Å². The number of rotatable bonds is 4. The quantitative estimate of drug-likeness (QED) is 0.330. The number of hydrogen-bond acceptors (Lipinski definition) is 7. The minimum atomic E-state index is -4.72. The van der Waals surface area contributed by atoms with Gasteiger partial charge in [-0.15, -0.1) is 0 Å². The molecule has 1 aromatic rings. The second-order valence-corrected chi connectivity index (χ2v) is 5.98. The van der Waals surface area contributed by atoms with Crippen molar-refractivity contribution in [2.24, 2.45) is 0 Å². The van der Waals surface area contributed by atoms with Gasteiger partial charge in [-0.25, -0.2) is 4.57 Å². The van der Waals surface area contributed by atoms with Gasteiger partial charge in [-0.05, 0) is 12.2 Å². The van der Waals surface area contributed by atoms with Crippen LogP contribution in [0.15, 0.2) is 17.1 Å². The zero-order valence-corrected chi connectivity index (χ0v) is 12.1. The molecule has 21 heavy (non-hydrogen) atoms. The van der Waals surface area contributed by atoms with E-state index in [4.69, 9.17) is 26.7 Å². The molecule has 0 spiro atoms. The second kappa shape index (κ2) is 6.07. The van der Waals surface area contributed by atoms with Gasteiger partial charge in [0.05, 0.1) is 6.61 Å². The van der Waals surface area contributed by atoms with E-state index in [0.717, 1.165) is 6.07 Å². The molecule has 12 heteroatoms. The Labute approximate surface area is 122 Å². The van der Waals surface area contributed by atoms with Crippen LogP contribution < -0.4 is 5.56 Å². The van der Waals surface area contributed by atoms with Gasteiger partial charge < -0.3 is 24.7 Å². The summed E-state index contributed by atoms with van der Waals surface area (Å²) in [6, 6.07) is 1.15. The second-order valence-electron chi connectivity index (χ2n) is 4.35. The van der Waals surface area contributed by atoms with Crippen molar-refractivity contribution in [2.45, 2.75) is 24.5 Å². The number of aromatic nitrogens is 2. The Hall–Kier alpha value is -0.910. The van der Waals surface area contributed by atoms with Crippen LogP contribution in [0.5, 0.6) is 0 Å². The summed E-state index contributed by atoms with van der Waals surface area (Å²) in [5, 5.41) is 19.7. The van der Waals surface area contributed by atoms with Crippen LogP contribution in [0, 0.1) is 4.77 Å². The predicted molar refractivity (Wildman–Crippen MR) is 69.8 cm³/mol. The standard InChI is InChI=1S/C9H13N2O8PS/c12-5-1-2-11(9(21)10-5)8-7(14)6(13)4(19-8)3-18-20(15,16)17/h1-2,4,6-8,13-14H,3H2,(H,10,12,21)(H2,15,16,17)/t4-,6-,7-,8-/m1/s1. The molecule has 2 rings (SSSR count). The van der Waals surface area contributed by atoms with Gasteiger partial charge in [0.1, 0.15) is 18.3 Å². The topological polar surface area (TPSA) is 154 Å². The van der Waals surface area contributed by atoms with Crippen LogP contribution in [0.1, 0.15) is 6.23 Å². The summed E-state index contributed by atoms with van der Waals surface area (Å²) in [6.45, 7) is -0.615. The first-order valence-corrected chi connectivity index (χ1v) is 7.66. The Balaban J connectivity index is 2.18. The van der Waals surface area contributed by atoms with Crippen molar-refractivity contribution in [3.05, 3.63) is 27.4 Å². The van der Waals surface area contributed by atoms with Gasteiger partial charge in [0.2, 0.25) is 0 Å². The molecular formula is C9H13N2O8PS. The van der Waals surface area contributed by atoms with Crippen molar-refractivity contribution in [1.82, 2.24) is 9.55 Å². The Bertz CT molecular complexity index is 668. The van der Waals surface area contributed by atoms with Crippen LogP contribution in [0.3, 0.4) is 0 Å². The number of nitrogens with one attached hydrogen (secondary N) is 1. The summed E-state index contributed by atoms with van der Waals surface area (Å²) in [4.78, 5) is 30.6. The lowest BCUT2D eigenvalue weighted by molar-refractivity contribution is -0.0534. The summed E-state index contributed by atoms with van der Waals surface area (Å²) < 4.78 is 21.3. The molecule has 0 unspecified atom stereocenters. The van der Waals surface area contributed by atoms with Crippen LogP contribution in [0.2, 0.25) is 0 Å². The fourth-order valence-corrected chi connectivity index (χ4v) is 2.50. The maximum atomic E-state index is 11.1. The third kappa shape index (κ3) is 3.84. The zero-order valence-electron chi connectivity index (χ0n) is 10.4. The van der Waals surface area contributed by atoms with Gasteiger partial charge >= 0.3 is 7.82 Å². The minimum absolute atomic E-state index is 0.0321. The summed E-state index contributed by atoms with van der Waals surface area (Å²) in [5.74, 6) is 0. The molecule has 2 heterocycles. The third-order valence-electron chi connectivity index (χ3n) is 2.87. The SMILES string of the molecule is O=c1ccn([C@@H]2O[C@H](COP(=O)(O)O)[C@@H](O)[C@H]2O)c(=S)[nH]1. The van der Waals surface area contributed by atoms with E-state index in [2.05, 4.69) is 9.51 Å². The fourth-order valence-electron chi connectivity index (χ4n) is 1.89. The number of aliphatic hydroxyl groups excluding tert-OH is 2. The van der Waals surface area contributed by atoms with Gasteiger partial charge in [-0.2, -0.15) is 0 Å². The van der Waals surface area contributed by atoms with E-state index in [1.807, 2.05) is 0 Å². The van der Waals surface area contributed by atoms with E-state index in [1.165, 1.54) is 10.8 Å². The van der Waals surface area contributed by atoms with Gasteiger partial charge in [0.25, 0.3) is 5.56 Å². The van der Waals surface area contributed by atoms with E-state index in [1.54, 1.807) is 0 Å². The largest absolute Gasteiger partial charge is 0.469 e. The monoisotopic (exact) mass is 340 g/mol. The summed E-state index contributed by atoms with van der Waals surface area (Å²) in [6.07, 6.45) is -3.85. The molecule has 1 aromatic heterocycles. The Morgan fingerprint density at radius 1 is 1.43 bits per heavy atom.